The molecule has 0 fully saturated rings. The lowest BCUT2D eigenvalue weighted by Gasteiger charge is -2.14. The highest BCUT2D eigenvalue weighted by Crippen LogP contribution is 2.30. The molecule has 0 unspecified atom stereocenters. The predicted molar refractivity (Wildman–Crippen MR) is 106 cm³/mol. The van der Waals surface area contributed by atoms with Gasteiger partial charge in [0.1, 0.15) is 0 Å². The Hall–Kier alpha value is -3.12. The molecule has 6 nitrogen and oxygen atoms in total. The fourth-order valence-electron chi connectivity index (χ4n) is 3.07. The molecule has 144 valence electrons. The summed E-state index contributed by atoms with van der Waals surface area (Å²) in [5.41, 5.74) is 3.72. The van der Waals surface area contributed by atoms with Gasteiger partial charge in [-0.1, -0.05) is 25.1 Å². The number of carbonyl (C=O) groups excluding carboxylic acids is 2. The number of rotatable bonds is 6. The second kappa shape index (κ2) is 8.27. The van der Waals surface area contributed by atoms with Crippen LogP contribution in [0.5, 0.6) is 5.88 Å². The van der Waals surface area contributed by atoms with Crippen molar-refractivity contribution in [2.45, 2.75) is 33.8 Å². The first-order valence-corrected chi connectivity index (χ1v) is 9.05. The van der Waals surface area contributed by atoms with Crippen molar-refractivity contribution in [2.24, 2.45) is 0 Å². The number of fused-ring (bicyclic) bond motifs is 1. The summed E-state index contributed by atoms with van der Waals surface area (Å²) in [4.78, 5) is 33.2. The van der Waals surface area contributed by atoms with Crippen LogP contribution in [0.25, 0.3) is 22.3 Å². The van der Waals surface area contributed by atoms with Crippen LogP contribution in [0.2, 0.25) is 0 Å². The van der Waals surface area contributed by atoms with Crippen molar-refractivity contribution in [2.75, 3.05) is 7.11 Å². The molecular weight excluding hydrogens is 356 g/mol. The zero-order chi connectivity index (χ0) is 20.3. The number of ketones is 1. The minimum absolute atomic E-state index is 0.0522. The number of benzene rings is 1. The standard InChI is InChI=1S/C22H22N2O4/c1-5-20(26)17-11-19(24-22(13(17)2)28-14(3)25)21-16(12-27-4)10-15-8-6-7-9-18(15)23-21/h6-11H,5,12H2,1-4H3. The molecular formula is C22H22N2O4. The van der Waals surface area contributed by atoms with Gasteiger partial charge in [-0.25, -0.2) is 9.97 Å². The Bertz CT molecular complexity index is 1060. The molecule has 2 heterocycles. The molecule has 1 aromatic carbocycles. The van der Waals surface area contributed by atoms with Gasteiger partial charge in [-0.3, -0.25) is 9.59 Å². The number of nitrogens with zero attached hydrogens (tertiary/aromatic N) is 2. The molecule has 0 bridgehead atoms. The van der Waals surface area contributed by atoms with Crippen molar-refractivity contribution in [1.82, 2.24) is 9.97 Å². The highest BCUT2D eigenvalue weighted by atomic mass is 16.5. The van der Waals surface area contributed by atoms with E-state index in [0.29, 0.717) is 35.5 Å². The van der Waals surface area contributed by atoms with Crippen molar-refractivity contribution in [3.63, 3.8) is 0 Å². The van der Waals surface area contributed by atoms with E-state index >= 15 is 0 Å². The number of esters is 1. The summed E-state index contributed by atoms with van der Waals surface area (Å²) >= 11 is 0. The lowest BCUT2D eigenvalue weighted by molar-refractivity contribution is -0.132. The molecule has 3 aromatic rings. The molecule has 28 heavy (non-hydrogen) atoms. The van der Waals surface area contributed by atoms with Gasteiger partial charge in [0.05, 0.1) is 23.5 Å². The number of hydrogen-bond acceptors (Lipinski definition) is 6. The van der Waals surface area contributed by atoms with E-state index in [4.69, 9.17) is 14.5 Å². The molecule has 0 aliphatic heterocycles. The smallest absolute Gasteiger partial charge is 0.309 e. The van der Waals surface area contributed by atoms with E-state index in [1.54, 1.807) is 27.0 Å². The normalized spacial score (nSPS) is 10.9. The number of aromatic nitrogens is 2. The molecule has 0 saturated carbocycles. The lowest BCUT2D eigenvalue weighted by atomic mass is 10.0. The average molecular weight is 378 g/mol. The average Bonchev–Trinajstić information content (AvgIpc) is 2.68. The topological polar surface area (TPSA) is 78.4 Å². The fourth-order valence-corrected chi connectivity index (χ4v) is 3.07. The minimum Gasteiger partial charge on any atom is -0.407 e. The molecule has 3 rings (SSSR count). The molecule has 0 amide bonds. The monoisotopic (exact) mass is 378 g/mol. The first kappa shape index (κ1) is 19.6. The highest BCUT2D eigenvalue weighted by molar-refractivity contribution is 5.99. The van der Waals surface area contributed by atoms with Gasteiger partial charge in [0.25, 0.3) is 0 Å². The van der Waals surface area contributed by atoms with E-state index < -0.39 is 5.97 Å². The number of ether oxygens (including phenoxy) is 2. The number of Topliss-reactive ketones (excluding diaryl/α,β-unsaturated/α-hetero) is 1. The van der Waals surface area contributed by atoms with Gasteiger partial charge in [-0.15, -0.1) is 0 Å². The Morgan fingerprint density at radius 3 is 2.54 bits per heavy atom. The summed E-state index contributed by atoms with van der Waals surface area (Å²) in [6.45, 7) is 5.16. The third kappa shape index (κ3) is 3.92. The minimum atomic E-state index is -0.494. The largest absolute Gasteiger partial charge is 0.407 e. The van der Waals surface area contributed by atoms with Crippen LogP contribution >= 0.6 is 0 Å². The molecule has 0 aliphatic rings. The summed E-state index contributed by atoms with van der Waals surface area (Å²) in [5, 5.41) is 0.982. The van der Waals surface area contributed by atoms with Crippen LogP contribution in [-0.2, 0) is 16.1 Å². The molecule has 0 atom stereocenters. The van der Waals surface area contributed by atoms with E-state index in [-0.39, 0.29) is 11.7 Å². The number of hydrogen-bond donors (Lipinski definition) is 0. The second-order valence-electron chi connectivity index (χ2n) is 6.48. The Morgan fingerprint density at radius 1 is 1.11 bits per heavy atom. The zero-order valence-electron chi connectivity index (χ0n) is 16.4. The van der Waals surface area contributed by atoms with Crippen LogP contribution in [0.4, 0.5) is 0 Å². The van der Waals surface area contributed by atoms with Gasteiger partial charge in [-0.2, -0.15) is 0 Å². The van der Waals surface area contributed by atoms with Gasteiger partial charge in [0.15, 0.2) is 5.78 Å². The van der Waals surface area contributed by atoms with Crippen molar-refractivity contribution in [3.05, 3.63) is 53.1 Å². The lowest BCUT2D eigenvalue weighted by Crippen LogP contribution is -2.10. The van der Waals surface area contributed by atoms with Crippen LogP contribution in [-0.4, -0.2) is 28.8 Å². The van der Waals surface area contributed by atoms with Crippen LogP contribution in [0, 0.1) is 6.92 Å². The predicted octanol–water partition coefficient (Wildman–Crippen LogP) is 4.27. The van der Waals surface area contributed by atoms with Gasteiger partial charge in [0.2, 0.25) is 5.88 Å². The van der Waals surface area contributed by atoms with Crippen molar-refractivity contribution in [1.29, 1.82) is 0 Å². The zero-order valence-corrected chi connectivity index (χ0v) is 16.4. The van der Waals surface area contributed by atoms with Crippen molar-refractivity contribution in [3.8, 4) is 17.3 Å². The molecule has 0 aliphatic carbocycles. The maximum atomic E-state index is 12.5. The van der Waals surface area contributed by atoms with Gasteiger partial charge < -0.3 is 9.47 Å². The molecule has 2 aromatic heterocycles. The first-order chi connectivity index (χ1) is 13.4. The fraction of sp³-hybridized carbons (Fsp3) is 0.273. The van der Waals surface area contributed by atoms with Crippen LogP contribution in [0.3, 0.4) is 0 Å². The summed E-state index contributed by atoms with van der Waals surface area (Å²) in [6, 6.07) is 11.5. The Morgan fingerprint density at radius 2 is 1.86 bits per heavy atom. The summed E-state index contributed by atoms with van der Waals surface area (Å²) in [6.07, 6.45) is 0.333. The maximum absolute atomic E-state index is 12.5. The molecule has 0 radical (unpaired) electrons. The van der Waals surface area contributed by atoms with Crippen LogP contribution in [0.15, 0.2) is 36.4 Å². The van der Waals surface area contributed by atoms with Crippen molar-refractivity contribution >= 4 is 22.7 Å². The number of carbonyl (C=O) groups is 2. The first-order valence-electron chi connectivity index (χ1n) is 9.05. The van der Waals surface area contributed by atoms with E-state index in [1.165, 1.54) is 6.92 Å². The number of pyridine rings is 2. The quantitative estimate of drug-likeness (QED) is 0.471. The van der Waals surface area contributed by atoms with Crippen LogP contribution < -0.4 is 4.74 Å². The van der Waals surface area contributed by atoms with E-state index in [9.17, 15) is 9.59 Å². The van der Waals surface area contributed by atoms with Gasteiger partial charge in [0, 0.05) is 42.5 Å². The number of para-hydroxylation sites is 1. The summed E-state index contributed by atoms with van der Waals surface area (Å²) in [5.74, 6) is -0.421. The van der Waals surface area contributed by atoms with E-state index in [1.807, 2.05) is 30.3 Å². The molecule has 6 heteroatoms. The van der Waals surface area contributed by atoms with Crippen LogP contribution in [0.1, 0.15) is 41.8 Å². The molecule has 0 saturated heterocycles. The SMILES string of the molecule is CCC(=O)c1cc(-c2nc3ccccc3cc2COC)nc(OC(C)=O)c1C. The second-order valence-corrected chi connectivity index (χ2v) is 6.48. The van der Waals surface area contributed by atoms with Crippen molar-refractivity contribution < 1.29 is 19.1 Å². The van der Waals surface area contributed by atoms with Gasteiger partial charge >= 0.3 is 5.97 Å². The summed E-state index contributed by atoms with van der Waals surface area (Å²) in [7, 11) is 1.61. The Balaban J connectivity index is 2.28. The third-order valence-corrected chi connectivity index (χ3v) is 4.44. The molecule has 0 N–H and O–H groups in total. The number of methoxy groups -OCH3 is 1. The van der Waals surface area contributed by atoms with E-state index in [0.717, 1.165) is 16.5 Å². The maximum Gasteiger partial charge on any atom is 0.309 e. The van der Waals surface area contributed by atoms with E-state index in [2.05, 4.69) is 4.98 Å². The Labute approximate surface area is 163 Å². The summed E-state index contributed by atoms with van der Waals surface area (Å²) < 4.78 is 10.6. The highest BCUT2D eigenvalue weighted by Gasteiger charge is 2.20. The third-order valence-electron chi connectivity index (χ3n) is 4.44. The van der Waals surface area contributed by atoms with Gasteiger partial charge in [-0.05, 0) is 25.1 Å². The Kier molecular flexibility index (Phi) is 5.80. The molecule has 0 spiro atoms.